The molecule has 4 atom stereocenters. The van der Waals surface area contributed by atoms with Crippen LogP contribution in [-0.2, 0) is 54.9 Å². The third-order valence-electron chi connectivity index (χ3n) is 10.9. The molecule has 20 nitrogen and oxygen atoms in total. The zero-order chi connectivity index (χ0) is 47.4. The fraction of sp³-hybridized carbons (Fsp3) is 0.455. The van der Waals surface area contributed by atoms with E-state index in [2.05, 4.69) is 10.2 Å². The number of benzene rings is 3. The molecule has 65 heavy (non-hydrogen) atoms. The van der Waals surface area contributed by atoms with E-state index in [1.165, 1.54) is 35.5 Å². The van der Waals surface area contributed by atoms with Crippen LogP contribution in [0.2, 0.25) is 0 Å². The summed E-state index contributed by atoms with van der Waals surface area (Å²) in [7, 11) is 2.60. The van der Waals surface area contributed by atoms with Crippen molar-refractivity contribution in [3.63, 3.8) is 0 Å². The minimum atomic E-state index is -4.92. The van der Waals surface area contributed by atoms with E-state index in [9.17, 15) is 37.2 Å². The van der Waals surface area contributed by atoms with E-state index in [1.54, 1.807) is 47.4 Å². The van der Waals surface area contributed by atoms with Crippen LogP contribution in [0.4, 0.5) is 0 Å². The summed E-state index contributed by atoms with van der Waals surface area (Å²) in [6.07, 6.45) is 1.08. The highest BCUT2D eigenvalue weighted by atomic mass is 32.2. The number of piperidine rings is 1. The predicted molar refractivity (Wildman–Crippen MR) is 228 cm³/mol. The van der Waals surface area contributed by atoms with Crippen molar-refractivity contribution < 1.29 is 79.7 Å². The molecule has 2 aliphatic heterocycles. The Bertz CT molecular complexity index is 2330. The lowest BCUT2D eigenvalue weighted by Crippen LogP contribution is -2.50. The van der Waals surface area contributed by atoms with E-state index in [1.807, 2.05) is 19.1 Å². The largest absolute Gasteiger partial charge is 0.493 e. The molecule has 0 bridgehead atoms. The smallest absolute Gasteiger partial charge is 0.352 e. The van der Waals surface area contributed by atoms with Crippen LogP contribution in [0.3, 0.4) is 0 Å². The average molecular weight is 928 g/mol. The lowest BCUT2D eigenvalue weighted by atomic mass is 9.91. The van der Waals surface area contributed by atoms with Gasteiger partial charge in [-0.05, 0) is 91.6 Å². The molecule has 0 radical (unpaired) electrons. The summed E-state index contributed by atoms with van der Waals surface area (Å²) in [5.74, 6) is -3.79. The van der Waals surface area contributed by atoms with Crippen molar-refractivity contribution in [1.29, 1.82) is 0 Å². The molecule has 2 N–H and O–H groups in total. The van der Waals surface area contributed by atoms with Crippen LogP contribution in [0.25, 0.3) is 0 Å². The zero-order valence-electron chi connectivity index (χ0n) is 36.9. The van der Waals surface area contributed by atoms with E-state index in [0.717, 1.165) is 5.56 Å². The fourth-order valence-electron chi connectivity index (χ4n) is 7.56. The normalized spacial score (nSPS) is 17.1. The zero-order valence-corrected chi connectivity index (χ0v) is 37.7. The van der Waals surface area contributed by atoms with Gasteiger partial charge in [0.15, 0.2) is 34.9 Å². The molecular formula is C44H53N3O17S. The van der Waals surface area contributed by atoms with Crippen LogP contribution in [0.15, 0.2) is 54.6 Å². The van der Waals surface area contributed by atoms with Crippen molar-refractivity contribution in [2.75, 3.05) is 55.2 Å². The quantitative estimate of drug-likeness (QED) is 0.0881. The van der Waals surface area contributed by atoms with Gasteiger partial charge in [0.05, 0.1) is 47.9 Å². The third kappa shape index (κ3) is 12.1. The van der Waals surface area contributed by atoms with Gasteiger partial charge < -0.3 is 48.2 Å². The summed E-state index contributed by atoms with van der Waals surface area (Å²) >= 11 is 0. The summed E-state index contributed by atoms with van der Waals surface area (Å²) in [5.41, 5.74) is 2.00. The van der Waals surface area contributed by atoms with E-state index in [-0.39, 0.29) is 23.1 Å². The van der Waals surface area contributed by atoms with Gasteiger partial charge in [-0.1, -0.05) is 25.1 Å². The highest BCUT2D eigenvalue weighted by Gasteiger charge is 2.48. The molecule has 2 saturated heterocycles. The highest BCUT2D eigenvalue weighted by molar-refractivity contribution is 7.87. The van der Waals surface area contributed by atoms with Crippen molar-refractivity contribution in [3.05, 3.63) is 71.3 Å². The maximum Gasteiger partial charge on any atom is 0.352 e. The number of carbonyl (C=O) groups excluding carboxylic acids is 6. The number of ether oxygens (including phenoxy) is 7. The van der Waals surface area contributed by atoms with E-state index in [0.29, 0.717) is 78.5 Å². The standard InChI is InChI=1S/C44H53N3O17S/c1-7-30(28-21-35(59-4)41(61-6)36(22-28)60-5)42(51)46-18-9-8-13-31(46)44(53)63-32(16-14-26-15-17-33(57-2)34(19-26)58-3)27-11-10-12-29(20-27)62-25-38(48)45-24-40(50)64-47-39(49)23-37(43(47)52)65(54,55)56/h10-12,15,17,19-22,30-32,37H,7-9,13-14,16,18,23-25H2,1-6H3,(H,45,48)(H,54,55,56)/t30-,31-,32+,37?/m0/s1. The Morgan fingerprint density at radius 1 is 0.846 bits per heavy atom. The minimum absolute atomic E-state index is 0.0767. The maximum absolute atomic E-state index is 14.4. The molecule has 0 aromatic heterocycles. The van der Waals surface area contributed by atoms with Crippen molar-refractivity contribution in [2.24, 2.45) is 0 Å². The van der Waals surface area contributed by atoms with Gasteiger partial charge in [-0.3, -0.25) is 23.7 Å². The van der Waals surface area contributed by atoms with Crippen molar-refractivity contribution in [2.45, 2.75) is 75.2 Å². The Hall–Kier alpha value is -6.61. The number of hydrogen-bond donors (Lipinski definition) is 2. The molecule has 5 rings (SSSR count). The van der Waals surface area contributed by atoms with Gasteiger partial charge in [0.1, 0.15) is 24.4 Å². The number of methoxy groups -OCH3 is 5. The molecule has 3 aromatic rings. The van der Waals surface area contributed by atoms with Crippen LogP contribution in [-0.4, -0.2) is 125 Å². The van der Waals surface area contributed by atoms with E-state index in [4.69, 9.17) is 37.7 Å². The summed E-state index contributed by atoms with van der Waals surface area (Å²) in [5, 5.41) is 0.0256. The summed E-state index contributed by atoms with van der Waals surface area (Å²) in [6, 6.07) is 14.5. The molecule has 0 saturated carbocycles. The number of esters is 1. The molecule has 3 aromatic carbocycles. The molecule has 2 aliphatic rings. The fourth-order valence-corrected chi connectivity index (χ4v) is 8.27. The average Bonchev–Trinajstić information content (AvgIpc) is 3.60. The third-order valence-corrected chi connectivity index (χ3v) is 12.0. The monoisotopic (exact) mass is 927 g/mol. The van der Waals surface area contributed by atoms with Crippen LogP contribution in [0.1, 0.15) is 74.2 Å². The van der Waals surface area contributed by atoms with Crippen molar-refractivity contribution >= 4 is 45.7 Å². The Morgan fingerprint density at radius 2 is 1.54 bits per heavy atom. The molecule has 352 valence electrons. The number of nitrogens with one attached hydrogen (secondary N) is 1. The number of likely N-dealkylation sites (tertiary alicyclic amines) is 1. The number of nitrogens with zero attached hydrogens (tertiary/aromatic N) is 2. The molecule has 2 heterocycles. The first-order chi connectivity index (χ1) is 31.1. The minimum Gasteiger partial charge on any atom is -0.493 e. The SMILES string of the molecule is CC[C@H](C(=O)N1CCCC[C@H]1C(=O)O[C@H](CCc1ccc(OC)c(OC)c1)c1cccc(OCC(=O)NCC(=O)ON2C(=O)CC(S(=O)(=O)O)C2=O)c1)c1cc(OC)c(OC)c(OC)c1. The first kappa shape index (κ1) is 49.4. The number of hydrogen-bond acceptors (Lipinski definition) is 16. The molecule has 21 heteroatoms. The van der Waals surface area contributed by atoms with Crippen LogP contribution >= 0.6 is 0 Å². The Morgan fingerprint density at radius 3 is 2.15 bits per heavy atom. The molecule has 1 unspecified atom stereocenters. The van der Waals surface area contributed by atoms with Gasteiger partial charge >= 0.3 is 11.9 Å². The van der Waals surface area contributed by atoms with Gasteiger partial charge in [0, 0.05) is 6.54 Å². The second-order valence-corrected chi connectivity index (χ2v) is 16.6. The number of carbonyl (C=O) groups is 6. The number of aryl methyl sites for hydroxylation is 1. The number of rotatable bonds is 21. The van der Waals surface area contributed by atoms with Crippen LogP contribution in [0.5, 0.6) is 34.5 Å². The maximum atomic E-state index is 14.4. The Labute approximate surface area is 376 Å². The van der Waals surface area contributed by atoms with Crippen LogP contribution < -0.4 is 33.7 Å². The first-order valence-electron chi connectivity index (χ1n) is 20.6. The number of imide groups is 1. The summed E-state index contributed by atoms with van der Waals surface area (Å²) < 4.78 is 71.4. The van der Waals surface area contributed by atoms with E-state index >= 15 is 0 Å². The van der Waals surface area contributed by atoms with Crippen molar-refractivity contribution in [3.8, 4) is 34.5 Å². The first-order valence-corrected chi connectivity index (χ1v) is 22.1. The molecular weight excluding hydrogens is 875 g/mol. The lowest BCUT2D eigenvalue weighted by Gasteiger charge is -2.37. The topological polar surface area (TPSA) is 249 Å². The molecule has 0 spiro atoms. The van der Waals surface area contributed by atoms with Gasteiger partial charge in [-0.2, -0.15) is 8.42 Å². The van der Waals surface area contributed by atoms with Crippen LogP contribution in [0, 0.1) is 0 Å². The molecule has 0 aliphatic carbocycles. The molecule has 2 fully saturated rings. The van der Waals surface area contributed by atoms with Gasteiger partial charge in [-0.15, -0.1) is 5.06 Å². The van der Waals surface area contributed by atoms with Gasteiger partial charge in [-0.25, -0.2) is 9.59 Å². The Kier molecular flexibility index (Phi) is 17.0. The highest BCUT2D eigenvalue weighted by Crippen LogP contribution is 2.42. The second-order valence-electron chi connectivity index (χ2n) is 15.0. The van der Waals surface area contributed by atoms with Gasteiger partial charge in [0.25, 0.3) is 27.8 Å². The number of hydroxylamine groups is 2. The number of amides is 4. The Balaban J connectivity index is 1.31. The lowest BCUT2D eigenvalue weighted by molar-refractivity contribution is -0.196. The predicted octanol–water partition coefficient (Wildman–Crippen LogP) is 3.49. The second kappa shape index (κ2) is 22.3. The summed E-state index contributed by atoms with van der Waals surface area (Å²) in [6.45, 7) is 0.783. The van der Waals surface area contributed by atoms with Crippen molar-refractivity contribution in [1.82, 2.24) is 15.3 Å². The molecule has 4 amide bonds. The van der Waals surface area contributed by atoms with E-state index < -0.39 is 82.7 Å². The summed E-state index contributed by atoms with van der Waals surface area (Å²) in [4.78, 5) is 84.1. The van der Waals surface area contributed by atoms with Gasteiger partial charge in [0.2, 0.25) is 11.7 Å².